The minimum Gasteiger partial charge on any atom is -0.480 e. The number of benzene rings is 2. The lowest BCUT2D eigenvalue weighted by atomic mass is 10.0. The maximum atomic E-state index is 11.7. The predicted molar refractivity (Wildman–Crippen MR) is 108 cm³/mol. The summed E-state index contributed by atoms with van der Waals surface area (Å²) in [5.41, 5.74) is 3.77. The molecule has 6 heteroatoms. The second kappa shape index (κ2) is 8.02. The monoisotopic (exact) mass is 372 g/mol. The Morgan fingerprint density at radius 3 is 2.50 bits per heavy atom. The van der Waals surface area contributed by atoms with Gasteiger partial charge in [0.05, 0.1) is 0 Å². The Kier molecular flexibility index (Phi) is 5.12. The highest BCUT2D eigenvalue weighted by Gasteiger charge is 2.19. The van der Waals surface area contributed by atoms with Crippen LogP contribution in [-0.4, -0.2) is 32.1 Å². The number of aromatic nitrogens is 3. The summed E-state index contributed by atoms with van der Waals surface area (Å²) in [5.74, 6) is -0.231. The van der Waals surface area contributed by atoms with Crippen molar-refractivity contribution in [1.29, 1.82) is 0 Å². The number of para-hydroxylation sites is 1. The van der Waals surface area contributed by atoms with Crippen molar-refractivity contribution in [3.63, 3.8) is 0 Å². The van der Waals surface area contributed by atoms with Crippen molar-refractivity contribution >= 4 is 16.9 Å². The number of carboxylic acid groups (broad SMARTS) is 1. The summed E-state index contributed by atoms with van der Waals surface area (Å²) in [6.45, 7) is 0.383. The van der Waals surface area contributed by atoms with Crippen molar-refractivity contribution in [2.24, 2.45) is 0 Å². The standard InChI is InChI=1S/C22H20N4O2/c27-22(28)20(10-17-14-24-19-9-5-4-8-18(17)19)23-11-15-12-25-21(26-13-15)16-6-2-1-3-7-16/h1-9,12-14,20,23-24H,10-11H2,(H,27,28)/t20-/m0/s1. The second-order valence-corrected chi connectivity index (χ2v) is 6.62. The van der Waals surface area contributed by atoms with E-state index in [0.717, 1.165) is 27.6 Å². The molecule has 0 spiro atoms. The van der Waals surface area contributed by atoms with Crippen molar-refractivity contribution < 1.29 is 9.90 Å². The molecular formula is C22H20N4O2. The lowest BCUT2D eigenvalue weighted by Crippen LogP contribution is -2.38. The molecular weight excluding hydrogens is 352 g/mol. The van der Waals surface area contributed by atoms with Gasteiger partial charge in [-0.3, -0.25) is 10.1 Å². The van der Waals surface area contributed by atoms with Gasteiger partial charge in [0.25, 0.3) is 0 Å². The molecule has 0 fully saturated rings. The average molecular weight is 372 g/mol. The molecule has 140 valence electrons. The number of aliphatic carboxylic acids is 1. The van der Waals surface area contributed by atoms with Crippen molar-refractivity contribution in [1.82, 2.24) is 20.3 Å². The molecule has 3 N–H and O–H groups in total. The first-order chi connectivity index (χ1) is 13.7. The minimum atomic E-state index is -0.882. The Labute approximate surface area is 162 Å². The average Bonchev–Trinajstić information content (AvgIpc) is 3.15. The van der Waals surface area contributed by atoms with Crippen molar-refractivity contribution in [3.05, 3.63) is 84.3 Å². The molecule has 0 aliphatic carbocycles. The largest absolute Gasteiger partial charge is 0.480 e. The maximum absolute atomic E-state index is 11.7. The number of aromatic amines is 1. The van der Waals surface area contributed by atoms with Crippen LogP contribution in [-0.2, 0) is 17.8 Å². The maximum Gasteiger partial charge on any atom is 0.321 e. The van der Waals surface area contributed by atoms with Crippen LogP contribution in [0.5, 0.6) is 0 Å². The second-order valence-electron chi connectivity index (χ2n) is 6.62. The van der Waals surface area contributed by atoms with Gasteiger partial charge in [0, 0.05) is 53.6 Å². The zero-order valence-electron chi connectivity index (χ0n) is 15.2. The fourth-order valence-corrected chi connectivity index (χ4v) is 3.19. The molecule has 0 amide bonds. The molecule has 0 saturated heterocycles. The number of hydrogen-bond donors (Lipinski definition) is 3. The molecule has 0 unspecified atom stereocenters. The molecule has 0 radical (unpaired) electrons. The van der Waals surface area contributed by atoms with Crippen LogP contribution in [0.2, 0.25) is 0 Å². The van der Waals surface area contributed by atoms with Gasteiger partial charge in [-0.25, -0.2) is 9.97 Å². The number of carbonyl (C=O) groups is 1. The van der Waals surface area contributed by atoms with Gasteiger partial charge >= 0.3 is 5.97 Å². The third kappa shape index (κ3) is 3.92. The first kappa shape index (κ1) is 17.9. The van der Waals surface area contributed by atoms with E-state index >= 15 is 0 Å². The third-order valence-corrected chi connectivity index (χ3v) is 4.69. The zero-order valence-corrected chi connectivity index (χ0v) is 15.2. The fourth-order valence-electron chi connectivity index (χ4n) is 3.19. The van der Waals surface area contributed by atoms with Gasteiger partial charge in [0.15, 0.2) is 5.82 Å². The van der Waals surface area contributed by atoms with Crippen LogP contribution in [0.1, 0.15) is 11.1 Å². The first-order valence-corrected chi connectivity index (χ1v) is 9.08. The summed E-state index contributed by atoms with van der Waals surface area (Å²) >= 11 is 0. The first-order valence-electron chi connectivity index (χ1n) is 9.08. The molecule has 0 bridgehead atoms. The van der Waals surface area contributed by atoms with E-state index in [0.29, 0.717) is 18.8 Å². The quantitative estimate of drug-likeness (QED) is 0.462. The SMILES string of the molecule is O=C(O)[C@H](Cc1c[nH]c2ccccc12)NCc1cnc(-c2ccccc2)nc1. The Balaban J connectivity index is 1.43. The molecule has 28 heavy (non-hydrogen) atoms. The van der Waals surface area contributed by atoms with Crippen LogP contribution in [0.3, 0.4) is 0 Å². The fraction of sp³-hybridized carbons (Fsp3) is 0.136. The zero-order chi connectivity index (χ0) is 19.3. The number of nitrogens with zero attached hydrogens (tertiary/aromatic N) is 2. The number of carboxylic acids is 1. The summed E-state index contributed by atoms with van der Waals surface area (Å²) in [4.78, 5) is 23.7. The van der Waals surface area contributed by atoms with E-state index in [2.05, 4.69) is 20.3 Å². The van der Waals surface area contributed by atoms with Crippen molar-refractivity contribution in [3.8, 4) is 11.4 Å². The van der Waals surface area contributed by atoms with E-state index < -0.39 is 12.0 Å². The Hall–Kier alpha value is -3.51. The highest BCUT2D eigenvalue weighted by atomic mass is 16.4. The molecule has 2 aromatic heterocycles. The predicted octanol–water partition coefficient (Wildman–Crippen LogP) is 3.41. The number of fused-ring (bicyclic) bond motifs is 1. The number of nitrogens with one attached hydrogen (secondary N) is 2. The van der Waals surface area contributed by atoms with E-state index in [-0.39, 0.29) is 0 Å². The summed E-state index contributed by atoms with van der Waals surface area (Å²) in [7, 11) is 0. The summed E-state index contributed by atoms with van der Waals surface area (Å²) < 4.78 is 0. The van der Waals surface area contributed by atoms with E-state index in [9.17, 15) is 9.90 Å². The summed E-state index contributed by atoms with van der Waals surface area (Å²) in [6.07, 6.45) is 5.72. The van der Waals surface area contributed by atoms with Gasteiger partial charge in [-0.1, -0.05) is 48.5 Å². The minimum absolute atomic E-state index is 0.383. The lowest BCUT2D eigenvalue weighted by Gasteiger charge is -2.14. The summed E-state index contributed by atoms with van der Waals surface area (Å²) in [6, 6.07) is 16.9. The Bertz CT molecular complexity index is 1070. The van der Waals surface area contributed by atoms with Crippen LogP contribution in [0.4, 0.5) is 0 Å². The van der Waals surface area contributed by atoms with Gasteiger partial charge in [-0.05, 0) is 11.6 Å². The molecule has 1 atom stereocenters. The molecule has 0 aliphatic rings. The molecule has 2 aromatic carbocycles. The lowest BCUT2D eigenvalue weighted by molar-refractivity contribution is -0.139. The number of rotatable bonds is 7. The van der Waals surface area contributed by atoms with Crippen molar-refractivity contribution in [2.75, 3.05) is 0 Å². The molecule has 2 heterocycles. The number of hydrogen-bond acceptors (Lipinski definition) is 4. The Morgan fingerprint density at radius 1 is 1.04 bits per heavy atom. The van der Waals surface area contributed by atoms with Gasteiger partial charge in [-0.15, -0.1) is 0 Å². The normalized spacial score (nSPS) is 12.1. The van der Waals surface area contributed by atoms with Crippen LogP contribution in [0, 0.1) is 0 Å². The topological polar surface area (TPSA) is 90.9 Å². The molecule has 6 nitrogen and oxygen atoms in total. The molecule has 4 aromatic rings. The van der Waals surface area contributed by atoms with Gasteiger partial charge in [0.2, 0.25) is 0 Å². The van der Waals surface area contributed by atoms with Gasteiger partial charge in [-0.2, -0.15) is 0 Å². The van der Waals surface area contributed by atoms with Gasteiger partial charge < -0.3 is 10.1 Å². The van der Waals surface area contributed by atoms with E-state index in [1.54, 1.807) is 12.4 Å². The molecule has 0 aliphatic heterocycles. The third-order valence-electron chi connectivity index (χ3n) is 4.69. The number of H-pyrrole nitrogens is 1. The van der Waals surface area contributed by atoms with Crippen molar-refractivity contribution in [2.45, 2.75) is 19.0 Å². The van der Waals surface area contributed by atoms with E-state index in [1.165, 1.54) is 0 Å². The highest BCUT2D eigenvalue weighted by Crippen LogP contribution is 2.19. The highest BCUT2D eigenvalue weighted by molar-refractivity contribution is 5.84. The van der Waals surface area contributed by atoms with E-state index in [1.807, 2.05) is 60.8 Å². The van der Waals surface area contributed by atoms with Crippen LogP contribution < -0.4 is 5.32 Å². The van der Waals surface area contributed by atoms with Gasteiger partial charge in [0.1, 0.15) is 6.04 Å². The van der Waals surface area contributed by atoms with E-state index in [4.69, 9.17) is 0 Å². The van der Waals surface area contributed by atoms with Crippen LogP contribution in [0.15, 0.2) is 73.2 Å². The Morgan fingerprint density at radius 2 is 1.75 bits per heavy atom. The van der Waals surface area contributed by atoms with Crippen LogP contribution >= 0.6 is 0 Å². The molecule has 4 rings (SSSR count). The summed E-state index contributed by atoms with van der Waals surface area (Å²) in [5, 5.41) is 13.8. The smallest absolute Gasteiger partial charge is 0.321 e. The van der Waals surface area contributed by atoms with Crippen LogP contribution in [0.25, 0.3) is 22.3 Å². The molecule has 0 saturated carbocycles.